The average molecular weight is 386 g/mol. The number of benzene rings is 1. The highest BCUT2D eigenvalue weighted by Gasteiger charge is 2.23. The van der Waals surface area contributed by atoms with E-state index < -0.39 is 0 Å². The van der Waals surface area contributed by atoms with Crippen molar-refractivity contribution in [1.82, 2.24) is 25.0 Å². The van der Waals surface area contributed by atoms with E-state index in [1.54, 1.807) is 0 Å². The zero-order valence-electron chi connectivity index (χ0n) is 14.4. The largest absolute Gasteiger partial charge is 0.368 e. The summed E-state index contributed by atoms with van der Waals surface area (Å²) in [6.45, 7) is 1.10. The minimum absolute atomic E-state index is 0.0993. The Bertz CT molecular complexity index is 891. The lowest BCUT2D eigenvalue weighted by Crippen LogP contribution is -2.30. The molecule has 4 rings (SSSR count). The lowest BCUT2D eigenvalue weighted by Gasteiger charge is -2.06. The maximum absolute atomic E-state index is 12.1. The number of urea groups is 1. The van der Waals surface area contributed by atoms with Crippen LogP contribution < -0.4 is 10.6 Å². The number of ether oxygens (including phenoxy) is 1. The van der Waals surface area contributed by atoms with Gasteiger partial charge in [0, 0.05) is 36.7 Å². The minimum Gasteiger partial charge on any atom is -0.368 e. The molecule has 0 bridgehead atoms. The molecule has 1 fully saturated rings. The van der Waals surface area contributed by atoms with Crippen molar-refractivity contribution in [3.8, 4) is 11.3 Å². The summed E-state index contributed by atoms with van der Waals surface area (Å²) in [7, 11) is 0. The van der Waals surface area contributed by atoms with Gasteiger partial charge in [-0.15, -0.1) is 5.10 Å². The Morgan fingerprint density at radius 3 is 3.00 bits per heavy atom. The van der Waals surface area contributed by atoms with Crippen LogP contribution in [0.1, 0.15) is 30.7 Å². The van der Waals surface area contributed by atoms with Gasteiger partial charge >= 0.3 is 6.03 Å². The van der Waals surface area contributed by atoms with Crippen molar-refractivity contribution in [1.29, 1.82) is 0 Å². The molecule has 3 aromatic rings. The summed E-state index contributed by atoms with van der Waals surface area (Å²) in [5, 5.41) is 14.2. The summed E-state index contributed by atoms with van der Waals surface area (Å²) < 4.78 is 14.7. The fraction of sp³-hybridized carbons (Fsp3) is 0.353. The summed E-state index contributed by atoms with van der Waals surface area (Å²) in [4.78, 5) is 16.5. The standard InChI is InChI=1S/C17H18N6O3S/c24-17(20-16-14(21-23-27-16)11-5-2-1-3-6-11)18-9-8-13-19-15(26-22-13)12-7-4-10-25-12/h1-3,5-6,12H,4,7-10H2,(H2,18,20,24)/t12-/m0/s1. The topological polar surface area (TPSA) is 115 Å². The molecule has 1 aliphatic rings. The van der Waals surface area contributed by atoms with Crippen molar-refractivity contribution in [2.75, 3.05) is 18.5 Å². The summed E-state index contributed by atoms with van der Waals surface area (Å²) in [5.41, 5.74) is 1.55. The Morgan fingerprint density at radius 1 is 1.30 bits per heavy atom. The van der Waals surface area contributed by atoms with Gasteiger partial charge in [0.05, 0.1) is 0 Å². The quantitative estimate of drug-likeness (QED) is 0.669. The number of rotatable bonds is 6. The molecule has 140 valence electrons. The van der Waals surface area contributed by atoms with Crippen molar-refractivity contribution < 1.29 is 14.1 Å². The van der Waals surface area contributed by atoms with Gasteiger partial charge in [0.15, 0.2) is 5.82 Å². The second kappa shape index (κ2) is 8.23. The number of carbonyl (C=O) groups is 1. The smallest absolute Gasteiger partial charge is 0.319 e. The molecule has 1 aromatic carbocycles. The zero-order chi connectivity index (χ0) is 18.5. The molecule has 0 aliphatic carbocycles. The second-order valence-electron chi connectivity index (χ2n) is 6.00. The molecule has 2 amide bonds. The van der Waals surface area contributed by atoms with Crippen molar-refractivity contribution in [2.24, 2.45) is 0 Å². The number of nitrogens with zero attached hydrogens (tertiary/aromatic N) is 4. The number of amides is 2. The Labute approximate surface area is 159 Å². The normalized spacial score (nSPS) is 16.4. The van der Waals surface area contributed by atoms with E-state index >= 15 is 0 Å². The highest BCUT2D eigenvalue weighted by Crippen LogP contribution is 2.28. The van der Waals surface area contributed by atoms with Gasteiger partial charge < -0.3 is 14.6 Å². The van der Waals surface area contributed by atoms with Crippen LogP contribution in [0.5, 0.6) is 0 Å². The van der Waals surface area contributed by atoms with Crippen LogP contribution in [-0.4, -0.2) is 38.9 Å². The third-order valence-electron chi connectivity index (χ3n) is 4.09. The van der Waals surface area contributed by atoms with Gasteiger partial charge in [0.1, 0.15) is 16.8 Å². The Hall–Kier alpha value is -2.85. The van der Waals surface area contributed by atoms with Crippen LogP contribution in [0.15, 0.2) is 34.9 Å². The van der Waals surface area contributed by atoms with Gasteiger partial charge in [-0.2, -0.15) is 4.98 Å². The fourth-order valence-electron chi connectivity index (χ4n) is 2.76. The van der Waals surface area contributed by atoms with E-state index in [9.17, 15) is 4.79 Å². The molecule has 10 heteroatoms. The van der Waals surface area contributed by atoms with E-state index in [1.165, 1.54) is 0 Å². The molecule has 1 saturated heterocycles. The van der Waals surface area contributed by atoms with Gasteiger partial charge in [-0.3, -0.25) is 5.32 Å². The zero-order valence-corrected chi connectivity index (χ0v) is 15.2. The van der Waals surface area contributed by atoms with E-state index in [0.717, 1.165) is 36.5 Å². The predicted octanol–water partition coefficient (Wildman–Crippen LogP) is 2.80. The fourth-order valence-corrected chi connectivity index (χ4v) is 3.35. The third kappa shape index (κ3) is 4.29. The van der Waals surface area contributed by atoms with Gasteiger partial charge in [0.2, 0.25) is 0 Å². The molecule has 27 heavy (non-hydrogen) atoms. The highest BCUT2D eigenvalue weighted by atomic mass is 32.1. The number of hydrogen-bond acceptors (Lipinski definition) is 8. The molecular formula is C17H18N6O3S. The number of aromatic nitrogens is 4. The van der Waals surface area contributed by atoms with E-state index in [2.05, 4.69) is 30.4 Å². The molecule has 2 aromatic heterocycles. The van der Waals surface area contributed by atoms with Crippen LogP contribution in [-0.2, 0) is 11.2 Å². The monoisotopic (exact) mass is 386 g/mol. The Kier molecular flexibility index (Phi) is 5.35. The molecule has 0 unspecified atom stereocenters. The second-order valence-corrected chi connectivity index (χ2v) is 6.75. The first kappa shape index (κ1) is 17.6. The lowest BCUT2D eigenvalue weighted by molar-refractivity contribution is 0.0835. The molecule has 0 saturated carbocycles. The summed E-state index contributed by atoms with van der Waals surface area (Å²) in [5.74, 6) is 1.06. The number of carbonyl (C=O) groups excluding carboxylic acids is 1. The maximum Gasteiger partial charge on any atom is 0.319 e. The minimum atomic E-state index is -0.332. The molecule has 9 nitrogen and oxygen atoms in total. The molecule has 0 radical (unpaired) electrons. The van der Waals surface area contributed by atoms with E-state index in [1.807, 2.05) is 30.3 Å². The van der Waals surface area contributed by atoms with Crippen LogP contribution in [0.3, 0.4) is 0 Å². The summed E-state index contributed by atoms with van der Waals surface area (Å²) in [6, 6.07) is 9.25. The van der Waals surface area contributed by atoms with Gasteiger partial charge in [-0.25, -0.2) is 4.79 Å². The number of nitrogens with one attached hydrogen (secondary N) is 2. The summed E-state index contributed by atoms with van der Waals surface area (Å²) >= 11 is 1.13. The Balaban J connectivity index is 1.28. The van der Waals surface area contributed by atoms with E-state index in [4.69, 9.17) is 9.26 Å². The average Bonchev–Trinajstić information content (AvgIpc) is 3.44. The van der Waals surface area contributed by atoms with Crippen LogP contribution in [0, 0.1) is 0 Å². The van der Waals surface area contributed by atoms with Gasteiger partial charge in [-0.1, -0.05) is 40.0 Å². The first-order chi connectivity index (χ1) is 13.3. The maximum atomic E-state index is 12.1. The van der Waals surface area contributed by atoms with Crippen molar-refractivity contribution in [2.45, 2.75) is 25.4 Å². The van der Waals surface area contributed by atoms with Gasteiger partial charge in [0.25, 0.3) is 5.89 Å². The van der Waals surface area contributed by atoms with Gasteiger partial charge in [-0.05, 0) is 12.8 Å². The number of anilines is 1. The van der Waals surface area contributed by atoms with Crippen LogP contribution in [0.4, 0.5) is 9.80 Å². The lowest BCUT2D eigenvalue weighted by atomic mass is 10.2. The highest BCUT2D eigenvalue weighted by molar-refractivity contribution is 7.10. The molecule has 2 N–H and O–H groups in total. The van der Waals surface area contributed by atoms with Crippen LogP contribution in [0.2, 0.25) is 0 Å². The molecule has 1 aliphatic heterocycles. The third-order valence-corrected chi connectivity index (χ3v) is 4.73. The SMILES string of the molecule is O=C(NCCc1noc([C@@H]2CCCO2)n1)Nc1snnc1-c1ccccc1. The summed E-state index contributed by atoms with van der Waals surface area (Å²) in [6.07, 6.45) is 2.27. The molecule has 3 heterocycles. The van der Waals surface area contributed by atoms with Crippen LogP contribution in [0.25, 0.3) is 11.3 Å². The first-order valence-electron chi connectivity index (χ1n) is 8.66. The van der Waals surface area contributed by atoms with Crippen molar-refractivity contribution in [3.05, 3.63) is 42.0 Å². The molecular weight excluding hydrogens is 368 g/mol. The number of hydrogen-bond donors (Lipinski definition) is 2. The van der Waals surface area contributed by atoms with Crippen molar-refractivity contribution >= 4 is 22.6 Å². The molecule has 0 spiro atoms. The Morgan fingerprint density at radius 2 is 2.19 bits per heavy atom. The van der Waals surface area contributed by atoms with E-state index in [0.29, 0.717) is 35.4 Å². The molecule has 1 atom stereocenters. The van der Waals surface area contributed by atoms with Crippen molar-refractivity contribution in [3.63, 3.8) is 0 Å². The van der Waals surface area contributed by atoms with E-state index in [-0.39, 0.29) is 12.1 Å². The first-order valence-corrected chi connectivity index (χ1v) is 9.43. The predicted molar refractivity (Wildman–Crippen MR) is 98.3 cm³/mol. The van der Waals surface area contributed by atoms with Crippen LogP contribution >= 0.6 is 11.5 Å².